The third-order valence-electron chi connectivity index (χ3n) is 3.36. The van der Waals surface area contributed by atoms with Gasteiger partial charge in [-0.15, -0.1) is 0 Å². The lowest BCUT2D eigenvalue weighted by atomic mass is 10.1. The van der Waals surface area contributed by atoms with E-state index in [0.717, 1.165) is 15.4 Å². The fourth-order valence-corrected chi connectivity index (χ4v) is 2.44. The zero-order valence-corrected chi connectivity index (χ0v) is 14.4. The van der Waals surface area contributed by atoms with Crippen molar-refractivity contribution in [3.63, 3.8) is 0 Å². The lowest BCUT2D eigenvalue weighted by molar-refractivity contribution is -0.123. The highest BCUT2D eigenvalue weighted by molar-refractivity contribution is 9.10. The van der Waals surface area contributed by atoms with Gasteiger partial charge in [0.1, 0.15) is 5.75 Å². The zero-order chi connectivity index (χ0) is 16.8. The Balaban J connectivity index is 1.52. The van der Waals surface area contributed by atoms with Gasteiger partial charge in [-0.05, 0) is 46.7 Å². The predicted octanol–water partition coefficient (Wildman–Crippen LogP) is 4.13. The molecule has 5 heteroatoms. The van der Waals surface area contributed by atoms with E-state index in [2.05, 4.69) is 32.5 Å². The van der Waals surface area contributed by atoms with Crippen LogP contribution in [0.2, 0.25) is 0 Å². The molecule has 0 heterocycles. The van der Waals surface area contributed by atoms with Crippen molar-refractivity contribution in [2.45, 2.75) is 0 Å². The molecule has 4 nitrogen and oxygen atoms in total. The van der Waals surface area contributed by atoms with E-state index >= 15 is 0 Å². The topological polar surface area (TPSA) is 50.7 Å². The maximum Gasteiger partial charge on any atom is 0.277 e. The number of ether oxygens (including phenoxy) is 1. The summed E-state index contributed by atoms with van der Waals surface area (Å²) in [6.45, 7) is -0.0866. The molecule has 0 aliphatic rings. The van der Waals surface area contributed by atoms with Crippen LogP contribution in [0, 0.1) is 0 Å². The van der Waals surface area contributed by atoms with Crippen molar-refractivity contribution in [1.82, 2.24) is 5.43 Å². The largest absolute Gasteiger partial charge is 0.484 e. The number of amides is 1. The molecule has 3 aromatic rings. The minimum absolute atomic E-state index is 0.0866. The molecule has 0 aliphatic heterocycles. The molecule has 0 saturated heterocycles. The summed E-state index contributed by atoms with van der Waals surface area (Å²) in [6, 6.07) is 21.4. The Morgan fingerprint density at radius 1 is 1.04 bits per heavy atom. The van der Waals surface area contributed by atoms with Gasteiger partial charge in [-0.3, -0.25) is 4.79 Å². The maximum atomic E-state index is 11.7. The van der Waals surface area contributed by atoms with Crippen LogP contribution in [-0.4, -0.2) is 18.7 Å². The number of carbonyl (C=O) groups excluding carboxylic acids is 1. The van der Waals surface area contributed by atoms with Crippen molar-refractivity contribution in [2.75, 3.05) is 6.61 Å². The molecular weight excluding hydrogens is 368 g/mol. The molecule has 0 unspecified atom stereocenters. The fraction of sp³-hybridized carbons (Fsp3) is 0.0526. The highest BCUT2D eigenvalue weighted by Crippen LogP contribution is 2.16. The monoisotopic (exact) mass is 382 g/mol. The summed E-state index contributed by atoms with van der Waals surface area (Å²) in [6.07, 6.45) is 1.62. The van der Waals surface area contributed by atoms with Gasteiger partial charge in [0.2, 0.25) is 0 Å². The van der Waals surface area contributed by atoms with Crippen molar-refractivity contribution in [3.05, 3.63) is 76.8 Å². The summed E-state index contributed by atoms with van der Waals surface area (Å²) >= 11 is 3.34. The molecule has 1 amide bonds. The normalized spacial score (nSPS) is 10.9. The van der Waals surface area contributed by atoms with Crippen molar-refractivity contribution in [2.24, 2.45) is 5.10 Å². The molecule has 3 rings (SSSR count). The third-order valence-corrected chi connectivity index (χ3v) is 3.89. The van der Waals surface area contributed by atoms with E-state index in [9.17, 15) is 4.79 Å². The second kappa shape index (κ2) is 7.75. The van der Waals surface area contributed by atoms with E-state index in [0.29, 0.717) is 5.75 Å². The number of hydrazone groups is 1. The van der Waals surface area contributed by atoms with Crippen molar-refractivity contribution >= 4 is 38.8 Å². The number of nitrogens with zero attached hydrogens (tertiary/aromatic N) is 1. The summed E-state index contributed by atoms with van der Waals surface area (Å²) in [4.78, 5) is 11.7. The van der Waals surface area contributed by atoms with Crippen molar-refractivity contribution in [3.8, 4) is 5.75 Å². The van der Waals surface area contributed by atoms with Gasteiger partial charge >= 0.3 is 0 Å². The lowest BCUT2D eigenvalue weighted by Crippen LogP contribution is -2.24. The molecule has 1 N–H and O–H groups in total. The van der Waals surface area contributed by atoms with Gasteiger partial charge in [-0.25, -0.2) is 5.43 Å². The molecule has 0 aliphatic carbocycles. The van der Waals surface area contributed by atoms with E-state index in [1.807, 2.05) is 48.5 Å². The van der Waals surface area contributed by atoms with E-state index in [1.165, 1.54) is 5.39 Å². The Bertz CT molecular complexity index is 876. The molecule has 0 bridgehead atoms. The Hall–Kier alpha value is -2.66. The summed E-state index contributed by atoms with van der Waals surface area (Å²) in [7, 11) is 0. The van der Waals surface area contributed by atoms with Crippen LogP contribution < -0.4 is 10.2 Å². The van der Waals surface area contributed by atoms with Crippen LogP contribution >= 0.6 is 15.9 Å². The molecular formula is C19H15BrN2O2. The van der Waals surface area contributed by atoms with Crippen LogP contribution in [0.1, 0.15) is 5.56 Å². The van der Waals surface area contributed by atoms with E-state index in [4.69, 9.17) is 4.74 Å². The lowest BCUT2D eigenvalue weighted by Gasteiger charge is -2.04. The molecule has 120 valence electrons. The molecule has 0 aromatic heterocycles. The number of fused-ring (bicyclic) bond motifs is 1. The van der Waals surface area contributed by atoms with Gasteiger partial charge < -0.3 is 4.74 Å². The molecule has 0 spiro atoms. The molecule has 0 fully saturated rings. The van der Waals surface area contributed by atoms with Crippen molar-refractivity contribution in [1.29, 1.82) is 0 Å². The average Bonchev–Trinajstić information content (AvgIpc) is 2.61. The second-order valence-electron chi connectivity index (χ2n) is 5.14. The molecule has 0 atom stereocenters. The highest BCUT2D eigenvalue weighted by atomic mass is 79.9. The van der Waals surface area contributed by atoms with Gasteiger partial charge in [0.15, 0.2) is 6.61 Å². The number of carbonyl (C=O) groups is 1. The van der Waals surface area contributed by atoms with Gasteiger partial charge in [0.25, 0.3) is 5.91 Å². The van der Waals surface area contributed by atoms with E-state index in [1.54, 1.807) is 18.3 Å². The fourth-order valence-electron chi connectivity index (χ4n) is 2.18. The first-order valence-corrected chi connectivity index (χ1v) is 8.19. The molecule has 24 heavy (non-hydrogen) atoms. The summed E-state index contributed by atoms with van der Waals surface area (Å²) in [5.74, 6) is 0.321. The minimum atomic E-state index is -0.310. The summed E-state index contributed by atoms with van der Waals surface area (Å²) in [5.41, 5.74) is 3.38. The number of rotatable bonds is 5. The summed E-state index contributed by atoms with van der Waals surface area (Å²) in [5, 5.41) is 6.26. The number of hydrogen-bond donors (Lipinski definition) is 1. The van der Waals surface area contributed by atoms with Gasteiger partial charge in [-0.1, -0.05) is 52.3 Å². The molecule has 0 saturated carbocycles. The number of nitrogens with one attached hydrogen (secondary N) is 1. The first-order chi connectivity index (χ1) is 11.7. The Morgan fingerprint density at radius 3 is 2.58 bits per heavy atom. The summed E-state index contributed by atoms with van der Waals surface area (Å²) < 4.78 is 6.33. The SMILES string of the molecule is O=C(COc1ccc(Br)cc1)N/N=C\c1ccc2ccccc2c1. The molecule has 0 radical (unpaired) electrons. The van der Waals surface area contributed by atoms with Crippen LogP contribution in [0.4, 0.5) is 0 Å². The Labute approximate surface area is 148 Å². The predicted molar refractivity (Wildman–Crippen MR) is 99.3 cm³/mol. The number of benzene rings is 3. The van der Waals surface area contributed by atoms with Gasteiger partial charge in [-0.2, -0.15) is 5.10 Å². The number of hydrogen-bond acceptors (Lipinski definition) is 3. The van der Waals surface area contributed by atoms with Crippen LogP contribution in [0.3, 0.4) is 0 Å². The highest BCUT2D eigenvalue weighted by Gasteiger charge is 2.01. The smallest absolute Gasteiger partial charge is 0.277 e. The average molecular weight is 383 g/mol. The third kappa shape index (κ3) is 4.43. The first-order valence-electron chi connectivity index (χ1n) is 7.40. The van der Waals surface area contributed by atoms with Crippen LogP contribution in [0.15, 0.2) is 76.3 Å². The zero-order valence-electron chi connectivity index (χ0n) is 12.8. The molecule has 3 aromatic carbocycles. The van der Waals surface area contributed by atoms with Crippen LogP contribution in [-0.2, 0) is 4.79 Å². The second-order valence-corrected chi connectivity index (χ2v) is 6.06. The first kappa shape index (κ1) is 16.2. The Kier molecular flexibility index (Phi) is 5.23. The minimum Gasteiger partial charge on any atom is -0.484 e. The van der Waals surface area contributed by atoms with Gasteiger partial charge in [0, 0.05) is 4.47 Å². The standard InChI is InChI=1S/C19H15BrN2O2/c20-17-7-9-18(10-8-17)24-13-19(23)22-21-12-14-5-6-15-3-1-2-4-16(15)11-14/h1-12H,13H2,(H,22,23)/b21-12-. The van der Waals surface area contributed by atoms with Crippen LogP contribution in [0.25, 0.3) is 10.8 Å². The maximum absolute atomic E-state index is 11.7. The van der Waals surface area contributed by atoms with E-state index < -0.39 is 0 Å². The van der Waals surface area contributed by atoms with E-state index in [-0.39, 0.29) is 12.5 Å². The van der Waals surface area contributed by atoms with Crippen LogP contribution in [0.5, 0.6) is 5.75 Å². The quantitative estimate of drug-likeness (QED) is 0.532. The Morgan fingerprint density at radius 2 is 1.79 bits per heavy atom. The van der Waals surface area contributed by atoms with Crippen molar-refractivity contribution < 1.29 is 9.53 Å². The van der Waals surface area contributed by atoms with Gasteiger partial charge in [0.05, 0.1) is 6.21 Å². The number of halogens is 1.